The predicted octanol–water partition coefficient (Wildman–Crippen LogP) is 8.04. The summed E-state index contributed by atoms with van der Waals surface area (Å²) < 4.78 is 2.98. The van der Waals surface area contributed by atoms with Crippen molar-refractivity contribution in [3.8, 4) is 22.5 Å². The Morgan fingerprint density at radius 2 is 1.40 bits per heavy atom. The van der Waals surface area contributed by atoms with Crippen molar-refractivity contribution in [1.29, 1.82) is 0 Å². The molecule has 0 bridgehead atoms. The lowest BCUT2D eigenvalue weighted by atomic mass is 9.95. The summed E-state index contributed by atoms with van der Waals surface area (Å²) in [6.07, 6.45) is 10.4. The van der Waals surface area contributed by atoms with E-state index >= 15 is 0 Å². The van der Waals surface area contributed by atoms with Crippen LogP contribution in [0.2, 0.25) is 0 Å². The Bertz CT molecular complexity index is 1420. The Kier molecular flexibility index (Phi) is 9.79. The number of aromatic nitrogens is 3. The maximum atomic E-state index is 13.9. The molecule has 0 radical (unpaired) electrons. The number of anilines is 1. The summed E-state index contributed by atoms with van der Waals surface area (Å²) in [6, 6.07) is 23.9. The van der Waals surface area contributed by atoms with Crippen molar-refractivity contribution in [3.63, 3.8) is 0 Å². The molecule has 7 heteroatoms. The van der Waals surface area contributed by atoms with Crippen LogP contribution in [0.1, 0.15) is 73.7 Å². The monoisotopic (exact) mass is 600 g/mol. The van der Waals surface area contributed by atoms with Crippen molar-refractivity contribution in [2.24, 2.45) is 0 Å². The molecule has 5 rings (SSSR count). The van der Waals surface area contributed by atoms with Gasteiger partial charge >= 0.3 is 0 Å². The molecule has 1 aliphatic rings. The van der Waals surface area contributed by atoms with E-state index in [0.29, 0.717) is 18.7 Å². The van der Waals surface area contributed by atoms with Crippen molar-refractivity contribution < 1.29 is 9.90 Å². The molecular formula is C33H37BrN4O2. The summed E-state index contributed by atoms with van der Waals surface area (Å²) in [5, 5.41) is 18.2. The van der Waals surface area contributed by atoms with Gasteiger partial charge in [0.05, 0.1) is 17.9 Å². The fraction of sp³-hybridized carbons (Fsp3) is 0.364. The number of aliphatic hydroxyl groups is 1. The number of halogens is 1. The smallest absolute Gasteiger partial charge is 0.258 e. The lowest BCUT2D eigenvalue weighted by Crippen LogP contribution is -2.31. The summed E-state index contributed by atoms with van der Waals surface area (Å²) in [5.41, 5.74) is 6.42. The van der Waals surface area contributed by atoms with Crippen LogP contribution in [0.4, 0.5) is 5.69 Å². The Hall–Kier alpha value is -3.29. The van der Waals surface area contributed by atoms with Gasteiger partial charge in [0, 0.05) is 34.3 Å². The van der Waals surface area contributed by atoms with Gasteiger partial charge in [0.1, 0.15) is 5.69 Å². The van der Waals surface area contributed by atoms with Crippen LogP contribution in [0.5, 0.6) is 0 Å². The predicted molar refractivity (Wildman–Crippen MR) is 164 cm³/mol. The normalized spacial score (nSPS) is 12.3. The molecule has 0 spiro atoms. The largest absolute Gasteiger partial charge is 0.396 e. The van der Waals surface area contributed by atoms with E-state index in [1.165, 1.54) is 32.1 Å². The van der Waals surface area contributed by atoms with Crippen LogP contribution in [-0.2, 0) is 13.1 Å². The second-order valence-electron chi connectivity index (χ2n) is 10.5. The average molecular weight is 602 g/mol. The molecule has 0 aliphatic carbocycles. The van der Waals surface area contributed by atoms with E-state index in [9.17, 15) is 4.79 Å². The molecule has 208 valence electrons. The van der Waals surface area contributed by atoms with Gasteiger partial charge in [0.2, 0.25) is 0 Å². The molecule has 0 atom stereocenters. The van der Waals surface area contributed by atoms with Gasteiger partial charge < -0.3 is 10.0 Å². The number of carbonyl (C=O) groups excluding carboxylic acids is 1. The lowest BCUT2D eigenvalue weighted by molar-refractivity contribution is 0.0985. The molecule has 0 fully saturated rings. The zero-order chi connectivity index (χ0) is 27.7. The van der Waals surface area contributed by atoms with E-state index in [1.54, 1.807) is 0 Å². The molecule has 1 N–H and O–H groups in total. The van der Waals surface area contributed by atoms with Gasteiger partial charge in [-0.2, -0.15) is 0 Å². The highest BCUT2D eigenvalue weighted by Crippen LogP contribution is 2.41. The molecule has 0 saturated heterocycles. The van der Waals surface area contributed by atoms with Crippen LogP contribution >= 0.6 is 15.9 Å². The Morgan fingerprint density at radius 1 is 0.775 bits per heavy atom. The second kappa shape index (κ2) is 13.9. The van der Waals surface area contributed by atoms with E-state index in [-0.39, 0.29) is 5.91 Å². The van der Waals surface area contributed by atoms with Gasteiger partial charge in [-0.3, -0.25) is 4.79 Å². The molecule has 0 saturated carbocycles. The number of unbranched alkanes of at least 4 members (excludes halogenated alkanes) is 8. The van der Waals surface area contributed by atoms with Crippen LogP contribution in [0.3, 0.4) is 0 Å². The number of hydrogen-bond donors (Lipinski definition) is 1. The number of aryl methyl sites for hydroxylation is 1. The molecule has 4 aromatic rings. The third kappa shape index (κ3) is 6.53. The number of amides is 1. The number of rotatable bonds is 12. The van der Waals surface area contributed by atoms with Crippen LogP contribution in [0.15, 0.2) is 77.3 Å². The minimum atomic E-state index is -0.0337. The molecule has 0 unspecified atom stereocenters. The number of fused-ring (bicyclic) bond motifs is 5. The number of nitrogens with zero attached hydrogens (tertiary/aromatic N) is 4. The van der Waals surface area contributed by atoms with Crippen LogP contribution in [0, 0.1) is 0 Å². The first-order chi connectivity index (χ1) is 19.7. The molecule has 6 nitrogen and oxygen atoms in total. The van der Waals surface area contributed by atoms with E-state index in [1.807, 2.05) is 64.2 Å². The molecule has 2 heterocycles. The van der Waals surface area contributed by atoms with E-state index in [0.717, 1.165) is 70.5 Å². The summed E-state index contributed by atoms with van der Waals surface area (Å²) >= 11 is 3.48. The van der Waals surface area contributed by atoms with Crippen molar-refractivity contribution >= 4 is 27.5 Å². The van der Waals surface area contributed by atoms with Gasteiger partial charge in [-0.1, -0.05) is 109 Å². The van der Waals surface area contributed by atoms with Gasteiger partial charge in [-0.15, -0.1) is 5.10 Å². The Morgan fingerprint density at radius 3 is 2.12 bits per heavy atom. The summed E-state index contributed by atoms with van der Waals surface area (Å²) in [5.74, 6) is -0.0337. The third-order valence-corrected chi connectivity index (χ3v) is 8.18. The van der Waals surface area contributed by atoms with E-state index in [2.05, 4.69) is 44.4 Å². The fourth-order valence-electron chi connectivity index (χ4n) is 5.51. The molecule has 1 aromatic heterocycles. The molecule has 1 aliphatic heterocycles. The van der Waals surface area contributed by atoms with Crippen LogP contribution in [-0.4, -0.2) is 32.6 Å². The van der Waals surface area contributed by atoms with Gasteiger partial charge in [0.25, 0.3) is 5.91 Å². The second-order valence-corrected chi connectivity index (χ2v) is 11.4. The zero-order valence-corrected chi connectivity index (χ0v) is 24.5. The van der Waals surface area contributed by atoms with E-state index in [4.69, 9.17) is 5.11 Å². The molecule has 3 aromatic carbocycles. The van der Waals surface area contributed by atoms with E-state index < -0.39 is 0 Å². The first-order valence-corrected chi connectivity index (χ1v) is 15.3. The Balaban J connectivity index is 1.39. The number of carbonyl (C=O) groups is 1. The van der Waals surface area contributed by atoms with Crippen molar-refractivity contribution in [2.75, 3.05) is 11.5 Å². The average Bonchev–Trinajstić information content (AvgIpc) is 3.39. The number of aliphatic hydroxyl groups excluding tert-OH is 1. The Labute approximate surface area is 245 Å². The quantitative estimate of drug-likeness (QED) is 0.167. The lowest BCUT2D eigenvalue weighted by Gasteiger charge is -2.29. The highest BCUT2D eigenvalue weighted by atomic mass is 79.9. The highest BCUT2D eigenvalue weighted by Gasteiger charge is 2.29. The minimum Gasteiger partial charge on any atom is -0.396 e. The standard InChI is InChI=1S/C33H37BrN4O2/c34-27-20-18-25(19-21-27)33(40)37-24-26-14-8-9-15-28(26)31-32(29-16-10-11-17-30(29)37)38(36-35-31)22-12-6-4-2-1-3-5-7-13-23-39/h8-11,14-21,39H,1-7,12-13,22-24H2. The fourth-order valence-corrected chi connectivity index (χ4v) is 5.78. The molecular weight excluding hydrogens is 564 g/mol. The summed E-state index contributed by atoms with van der Waals surface area (Å²) in [6.45, 7) is 1.55. The third-order valence-electron chi connectivity index (χ3n) is 7.65. The summed E-state index contributed by atoms with van der Waals surface area (Å²) in [4.78, 5) is 15.8. The topological polar surface area (TPSA) is 71.2 Å². The number of benzene rings is 3. The van der Waals surface area contributed by atoms with Crippen molar-refractivity contribution in [1.82, 2.24) is 15.0 Å². The molecule has 40 heavy (non-hydrogen) atoms. The van der Waals surface area contributed by atoms with Crippen LogP contribution < -0.4 is 4.90 Å². The maximum Gasteiger partial charge on any atom is 0.258 e. The van der Waals surface area contributed by atoms with Gasteiger partial charge in [0.15, 0.2) is 0 Å². The molecule has 1 amide bonds. The first kappa shape index (κ1) is 28.2. The SMILES string of the molecule is O=C(c1ccc(Br)cc1)N1Cc2ccccc2-c2nnn(CCCCCCCCCCCO)c2-c2ccccc21. The first-order valence-electron chi connectivity index (χ1n) is 14.5. The number of para-hydroxylation sites is 1. The van der Waals surface area contributed by atoms with Gasteiger partial charge in [-0.25, -0.2) is 4.68 Å². The minimum absolute atomic E-state index is 0.0337. The van der Waals surface area contributed by atoms with Gasteiger partial charge in [-0.05, 0) is 48.7 Å². The summed E-state index contributed by atoms with van der Waals surface area (Å²) in [7, 11) is 0. The van der Waals surface area contributed by atoms with Crippen molar-refractivity contribution in [3.05, 3.63) is 88.4 Å². The zero-order valence-electron chi connectivity index (χ0n) is 22.9. The van der Waals surface area contributed by atoms with Crippen LogP contribution in [0.25, 0.3) is 22.5 Å². The number of hydrogen-bond acceptors (Lipinski definition) is 4. The van der Waals surface area contributed by atoms with Crippen molar-refractivity contribution in [2.45, 2.75) is 70.9 Å². The highest BCUT2D eigenvalue weighted by molar-refractivity contribution is 9.10. The maximum absolute atomic E-state index is 13.9.